The average Bonchev–Trinajstić information content (AvgIpc) is 2.61. The zero-order valence-corrected chi connectivity index (χ0v) is 13.1. The van der Waals surface area contributed by atoms with Gasteiger partial charge in [0.15, 0.2) is 5.82 Å². The molecule has 7 heteroatoms. The van der Waals surface area contributed by atoms with Gasteiger partial charge in [0.2, 0.25) is 0 Å². The van der Waals surface area contributed by atoms with Crippen LogP contribution in [0.5, 0.6) is 0 Å². The Morgan fingerprint density at radius 2 is 1.64 bits per heavy atom. The molecule has 1 heterocycles. The molecule has 0 amide bonds. The number of hydrogen-bond acceptors (Lipinski definition) is 5. The summed E-state index contributed by atoms with van der Waals surface area (Å²) in [6.07, 6.45) is -0.561. The number of anilines is 1. The SMILES string of the molecule is O=C(O)CC(Nc1nc(-c2ccccc2)nc2ccccc12)C(=O)O. The molecule has 7 nitrogen and oxygen atoms in total. The molecule has 0 aliphatic heterocycles. The number of nitrogens with zero attached hydrogens (tertiary/aromatic N) is 2. The maximum atomic E-state index is 11.4. The average molecular weight is 337 g/mol. The zero-order chi connectivity index (χ0) is 17.8. The highest BCUT2D eigenvalue weighted by Crippen LogP contribution is 2.25. The van der Waals surface area contributed by atoms with Crippen molar-refractivity contribution < 1.29 is 19.8 Å². The monoisotopic (exact) mass is 337 g/mol. The van der Waals surface area contributed by atoms with Gasteiger partial charge in [-0.3, -0.25) is 4.79 Å². The molecule has 25 heavy (non-hydrogen) atoms. The Bertz CT molecular complexity index is 928. The molecule has 0 saturated carbocycles. The fourth-order valence-corrected chi connectivity index (χ4v) is 2.44. The second kappa shape index (κ2) is 6.96. The van der Waals surface area contributed by atoms with Gasteiger partial charge < -0.3 is 15.5 Å². The fourth-order valence-electron chi connectivity index (χ4n) is 2.44. The van der Waals surface area contributed by atoms with E-state index in [0.29, 0.717) is 16.7 Å². The minimum absolute atomic E-state index is 0.290. The highest BCUT2D eigenvalue weighted by molar-refractivity contribution is 5.93. The van der Waals surface area contributed by atoms with Gasteiger partial charge in [0, 0.05) is 10.9 Å². The molecule has 1 atom stereocenters. The Hall–Kier alpha value is -3.48. The lowest BCUT2D eigenvalue weighted by molar-refractivity contribution is -0.144. The lowest BCUT2D eigenvalue weighted by Crippen LogP contribution is -2.32. The molecule has 3 N–H and O–H groups in total. The van der Waals surface area contributed by atoms with Crippen molar-refractivity contribution in [2.45, 2.75) is 12.5 Å². The zero-order valence-electron chi connectivity index (χ0n) is 13.1. The number of nitrogens with one attached hydrogen (secondary N) is 1. The smallest absolute Gasteiger partial charge is 0.326 e. The van der Waals surface area contributed by atoms with Crippen LogP contribution in [-0.4, -0.2) is 38.2 Å². The summed E-state index contributed by atoms with van der Waals surface area (Å²) in [6.45, 7) is 0. The molecule has 2 aromatic carbocycles. The van der Waals surface area contributed by atoms with E-state index in [1.54, 1.807) is 18.2 Å². The molecule has 0 bridgehead atoms. The summed E-state index contributed by atoms with van der Waals surface area (Å²) in [4.78, 5) is 31.2. The lowest BCUT2D eigenvalue weighted by atomic mass is 10.1. The molecule has 3 aromatic rings. The van der Waals surface area contributed by atoms with Crippen molar-refractivity contribution >= 4 is 28.7 Å². The maximum absolute atomic E-state index is 11.4. The van der Waals surface area contributed by atoms with Crippen LogP contribution in [0.3, 0.4) is 0 Å². The summed E-state index contributed by atoms with van der Waals surface area (Å²) in [5.41, 5.74) is 1.42. The molecule has 0 aliphatic carbocycles. The van der Waals surface area contributed by atoms with Crippen molar-refractivity contribution in [3.63, 3.8) is 0 Å². The van der Waals surface area contributed by atoms with Crippen molar-refractivity contribution in [1.82, 2.24) is 9.97 Å². The van der Waals surface area contributed by atoms with Gasteiger partial charge in [0.05, 0.1) is 11.9 Å². The van der Waals surface area contributed by atoms with Crippen LogP contribution in [0, 0.1) is 0 Å². The van der Waals surface area contributed by atoms with Crippen molar-refractivity contribution in [2.24, 2.45) is 0 Å². The molecule has 0 radical (unpaired) electrons. The largest absolute Gasteiger partial charge is 0.481 e. The first-order chi connectivity index (χ1) is 12.0. The first-order valence-corrected chi connectivity index (χ1v) is 7.58. The number of fused-ring (bicyclic) bond motifs is 1. The van der Waals surface area contributed by atoms with Crippen LogP contribution in [0.4, 0.5) is 5.82 Å². The molecule has 0 fully saturated rings. The van der Waals surface area contributed by atoms with E-state index in [2.05, 4.69) is 15.3 Å². The number of hydrogen-bond donors (Lipinski definition) is 3. The number of carboxylic acids is 2. The van der Waals surface area contributed by atoms with Gasteiger partial charge in [-0.15, -0.1) is 0 Å². The van der Waals surface area contributed by atoms with Gasteiger partial charge >= 0.3 is 11.9 Å². The second-order valence-corrected chi connectivity index (χ2v) is 5.41. The highest BCUT2D eigenvalue weighted by Gasteiger charge is 2.22. The van der Waals surface area contributed by atoms with Crippen LogP contribution < -0.4 is 5.32 Å². The van der Waals surface area contributed by atoms with E-state index in [1.807, 2.05) is 36.4 Å². The van der Waals surface area contributed by atoms with Crippen LogP contribution >= 0.6 is 0 Å². The molecule has 1 aromatic heterocycles. The molecule has 0 aliphatic rings. The van der Waals surface area contributed by atoms with Gasteiger partial charge in [0.1, 0.15) is 11.9 Å². The number of para-hydroxylation sites is 1. The molecule has 0 spiro atoms. The van der Waals surface area contributed by atoms with Crippen molar-refractivity contribution in [2.75, 3.05) is 5.32 Å². The van der Waals surface area contributed by atoms with E-state index in [-0.39, 0.29) is 5.82 Å². The van der Waals surface area contributed by atoms with E-state index < -0.39 is 24.4 Å². The summed E-state index contributed by atoms with van der Waals surface area (Å²) in [7, 11) is 0. The van der Waals surface area contributed by atoms with Crippen LogP contribution in [0.15, 0.2) is 54.6 Å². The molecular formula is C18H15N3O4. The van der Waals surface area contributed by atoms with Crippen LogP contribution in [0.2, 0.25) is 0 Å². The normalized spacial score (nSPS) is 11.8. The quantitative estimate of drug-likeness (QED) is 0.634. The third-order valence-corrected chi connectivity index (χ3v) is 3.62. The van der Waals surface area contributed by atoms with Crippen molar-refractivity contribution in [1.29, 1.82) is 0 Å². The van der Waals surface area contributed by atoms with Crippen LogP contribution in [0.1, 0.15) is 6.42 Å². The number of carbonyl (C=O) groups is 2. The van der Waals surface area contributed by atoms with Gasteiger partial charge in [0.25, 0.3) is 0 Å². The minimum Gasteiger partial charge on any atom is -0.481 e. The van der Waals surface area contributed by atoms with Gasteiger partial charge in [-0.2, -0.15) is 0 Å². The topological polar surface area (TPSA) is 112 Å². The summed E-state index contributed by atoms with van der Waals surface area (Å²) >= 11 is 0. The molecule has 0 saturated heterocycles. The lowest BCUT2D eigenvalue weighted by Gasteiger charge is -2.15. The number of rotatable bonds is 6. The Labute approximate surface area is 143 Å². The first-order valence-electron chi connectivity index (χ1n) is 7.58. The van der Waals surface area contributed by atoms with Gasteiger partial charge in [-0.25, -0.2) is 14.8 Å². The summed E-state index contributed by atoms with van der Waals surface area (Å²) in [5, 5.41) is 21.5. The van der Waals surface area contributed by atoms with E-state index in [0.717, 1.165) is 5.56 Å². The van der Waals surface area contributed by atoms with Gasteiger partial charge in [-0.05, 0) is 12.1 Å². The van der Waals surface area contributed by atoms with E-state index in [1.165, 1.54) is 0 Å². The molecule has 1 unspecified atom stereocenters. The third-order valence-electron chi connectivity index (χ3n) is 3.62. The Morgan fingerprint density at radius 3 is 2.32 bits per heavy atom. The first kappa shape index (κ1) is 16.4. The third kappa shape index (κ3) is 3.72. The molecule has 126 valence electrons. The van der Waals surface area contributed by atoms with Crippen molar-refractivity contribution in [3.8, 4) is 11.4 Å². The standard InChI is InChI=1S/C18H15N3O4/c22-15(23)10-14(18(24)25)20-17-12-8-4-5-9-13(12)19-16(21-17)11-6-2-1-3-7-11/h1-9,14H,10H2,(H,22,23)(H,24,25)(H,19,20,21). The van der Waals surface area contributed by atoms with E-state index in [9.17, 15) is 14.7 Å². The maximum Gasteiger partial charge on any atom is 0.326 e. The van der Waals surface area contributed by atoms with E-state index in [4.69, 9.17) is 5.11 Å². The highest BCUT2D eigenvalue weighted by atomic mass is 16.4. The Kier molecular flexibility index (Phi) is 4.56. The predicted molar refractivity (Wildman–Crippen MR) is 92.3 cm³/mol. The summed E-state index contributed by atoms with van der Waals surface area (Å²) < 4.78 is 0. The Morgan fingerprint density at radius 1 is 0.960 bits per heavy atom. The Balaban J connectivity index is 2.09. The molecular weight excluding hydrogens is 322 g/mol. The summed E-state index contributed by atoms with van der Waals surface area (Å²) in [6, 6.07) is 15.1. The van der Waals surface area contributed by atoms with Gasteiger partial charge in [-0.1, -0.05) is 42.5 Å². The fraction of sp³-hybridized carbons (Fsp3) is 0.111. The van der Waals surface area contributed by atoms with E-state index >= 15 is 0 Å². The number of benzene rings is 2. The molecule has 3 rings (SSSR count). The van der Waals surface area contributed by atoms with Crippen LogP contribution in [-0.2, 0) is 9.59 Å². The second-order valence-electron chi connectivity index (χ2n) is 5.41. The van der Waals surface area contributed by atoms with Crippen LogP contribution in [0.25, 0.3) is 22.3 Å². The summed E-state index contributed by atoms with van der Waals surface area (Å²) in [5.74, 6) is -1.74. The predicted octanol–water partition coefficient (Wildman–Crippen LogP) is 2.64. The number of aromatic nitrogens is 2. The number of aliphatic carboxylic acids is 2. The minimum atomic E-state index is -1.29. The van der Waals surface area contributed by atoms with Crippen molar-refractivity contribution in [3.05, 3.63) is 54.6 Å². The number of carboxylic acid groups (broad SMARTS) is 2.